The zero-order valence-corrected chi connectivity index (χ0v) is 13.4. The summed E-state index contributed by atoms with van der Waals surface area (Å²) >= 11 is 0. The Morgan fingerprint density at radius 3 is 2.29 bits per heavy atom. The third kappa shape index (κ3) is 3.07. The van der Waals surface area contributed by atoms with Crippen LogP contribution in [0.3, 0.4) is 0 Å². The molecule has 1 fully saturated rings. The van der Waals surface area contributed by atoms with Crippen molar-refractivity contribution in [3.05, 3.63) is 41.6 Å². The predicted molar refractivity (Wildman–Crippen MR) is 83.4 cm³/mol. The third-order valence-corrected chi connectivity index (χ3v) is 4.90. The zero-order valence-electron chi connectivity index (χ0n) is 13.4. The van der Waals surface area contributed by atoms with Gasteiger partial charge in [0.2, 0.25) is 0 Å². The van der Waals surface area contributed by atoms with E-state index < -0.39 is 11.8 Å². The van der Waals surface area contributed by atoms with Gasteiger partial charge in [-0.05, 0) is 31.2 Å². The van der Waals surface area contributed by atoms with Crippen molar-refractivity contribution in [3.63, 3.8) is 0 Å². The van der Waals surface area contributed by atoms with Gasteiger partial charge in [-0.25, -0.2) is 0 Å². The second kappa shape index (κ2) is 6.24. The average molecular weight is 339 g/mol. The Morgan fingerprint density at radius 2 is 1.71 bits per heavy atom. The molecular weight excluding hydrogens is 319 g/mol. The standard InChI is InChI=1S/C18H20F3NO2/c1-17(23,18(19,20)21)14-9-7-13(8-10-14)16-15(11-22-24-16)12-5-3-2-4-6-12/h7-12,23H,2-6H2,1H3. The van der Waals surface area contributed by atoms with E-state index >= 15 is 0 Å². The van der Waals surface area contributed by atoms with E-state index in [0.717, 1.165) is 25.3 Å². The first-order valence-corrected chi connectivity index (χ1v) is 8.15. The van der Waals surface area contributed by atoms with Crippen molar-refractivity contribution >= 4 is 0 Å². The smallest absolute Gasteiger partial charge is 0.376 e. The van der Waals surface area contributed by atoms with Crippen LogP contribution in [0.1, 0.15) is 56.1 Å². The van der Waals surface area contributed by atoms with Crippen molar-refractivity contribution in [2.75, 3.05) is 0 Å². The lowest BCUT2D eigenvalue weighted by molar-refractivity contribution is -0.258. The number of hydrogen-bond donors (Lipinski definition) is 1. The van der Waals surface area contributed by atoms with Crippen molar-refractivity contribution in [1.29, 1.82) is 0 Å². The van der Waals surface area contributed by atoms with Crippen LogP contribution in [0.25, 0.3) is 11.3 Å². The zero-order chi connectivity index (χ0) is 17.4. The van der Waals surface area contributed by atoms with E-state index in [2.05, 4.69) is 5.16 Å². The van der Waals surface area contributed by atoms with Crippen LogP contribution in [0.2, 0.25) is 0 Å². The number of benzene rings is 1. The van der Waals surface area contributed by atoms with Crippen molar-refractivity contribution in [2.45, 2.75) is 56.7 Å². The molecule has 3 nitrogen and oxygen atoms in total. The number of aromatic nitrogens is 1. The lowest BCUT2D eigenvalue weighted by Gasteiger charge is -2.26. The lowest BCUT2D eigenvalue weighted by Crippen LogP contribution is -2.39. The van der Waals surface area contributed by atoms with Gasteiger partial charge in [0.05, 0.1) is 6.20 Å². The Balaban J connectivity index is 1.88. The summed E-state index contributed by atoms with van der Waals surface area (Å²) in [6, 6.07) is 5.66. The van der Waals surface area contributed by atoms with Crippen LogP contribution in [0, 0.1) is 0 Å². The van der Waals surface area contributed by atoms with Gasteiger partial charge in [-0.1, -0.05) is 48.7 Å². The summed E-state index contributed by atoms with van der Waals surface area (Å²) in [5.41, 5.74) is -1.38. The fourth-order valence-corrected chi connectivity index (χ4v) is 3.28. The molecular formula is C18H20F3NO2. The maximum Gasteiger partial charge on any atom is 0.421 e. The molecule has 1 N–H and O–H groups in total. The van der Waals surface area contributed by atoms with Gasteiger partial charge in [0.1, 0.15) is 0 Å². The highest BCUT2D eigenvalue weighted by Crippen LogP contribution is 2.41. The number of rotatable bonds is 3. The van der Waals surface area contributed by atoms with Gasteiger partial charge in [-0.2, -0.15) is 13.2 Å². The first kappa shape index (κ1) is 17.0. The molecule has 1 aromatic carbocycles. The van der Waals surface area contributed by atoms with Crippen LogP contribution in [0.4, 0.5) is 13.2 Å². The molecule has 24 heavy (non-hydrogen) atoms. The maximum atomic E-state index is 12.9. The van der Waals surface area contributed by atoms with Crippen molar-refractivity contribution in [1.82, 2.24) is 5.16 Å². The Hall–Kier alpha value is -1.82. The summed E-state index contributed by atoms with van der Waals surface area (Å²) in [6.07, 6.45) is 2.72. The van der Waals surface area contributed by atoms with Crippen LogP contribution in [-0.4, -0.2) is 16.4 Å². The predicted octanol–water partition coefficient (Wildman–Crippen LogP) is 5.16. The lowest BCUT2D eigenvalue weighted by atomic mass is 9.83. The average Bonchev–Trinajstić information content (AvgIpc) is 3.04. The molecule has 3 rings (SSSR count). The Labute approximate surface area is 138 Å². The molecule has 0 bridgehead atoms. The van der Waals surface area contributed by atoms with Crippen molar-refractivity contribution in [2.24, 2.45) is 0 Å². The highest BCUT2D eigenvalue weighted by atomic mass is 19.4. The van der Waals surface area contributed by atoms with Crippen LogP contribution in [0.15, 0.2) is 35.0 Å². The highest BCUT2D eigenvalue weighted by Gasteiger charge is 2.51. The normalized spacial score (nSPS) is 19.2. The van der Waals surface area contributed by atoms with Gasteiger partial charge >= 0.3 is 6.18 Å². The highest BCUT2D eigenvalue weighted by molar-refractivity contribution is 5.62. The molecule has 6 heteroatoms. The van der Waals surface area contributed by atoms with Crippen LogP contribution in [0.5, 0.6) is 0 Å². The fourth-order valence-electron chi connectivity index (χ4n) is 3.28. The molecule has 0 amide bonds. The van der Waals surface area contributed by atoms with Gasteiger partial charge < -0.3 is 9.63 Å². The minimum atomic E-state index is -4.73. The molecule has 0 aliphatic heterocycles. The number of aliphatic hydroxyl groups is 1. The molecule has 130 valence electrons. The minimum Gasteiger partial charge on any atom is -0.376 e. The molecule has 0 spiro atoms. The summed E-state index contributed by atoms with van der Waals surface area (Å²) in [7, 11) is 0. The molecule has 1 aromatic heterocycles. The van der Waals surface area contributed by atoms with Crippen molar-refractivity contribution in [3.8, 4) is 11.3 Å². The second-order valence-electron chi connectivity index (χ2n) is 6.59. The Morgan fingerprint density at radius 1 is 1.08 bits per heavy atom. The Kier molecular flexibility index (Phi) is 4.42. The Bertz CT molecular complexity index is 683. The van der Waals surface area contributed by atoms with Gasteiger partial charge in [0.25, 0.3) is 0 Å². The molecule has 0 saturated heterocycles. The summed E-state index contributed by atoms with van der Waals surface area (Å²) < 4.78 is 44.1. The molecule has 0 radical (unpaired) electrons. The summed E-state index contributed by atoms with van der Waals surface area (Å²) in [5, 5.41) is 13.6. The molecule has 1 aliphatic rings. The van der Waals surface area contributed by atoms with Crippen LogP contribution >= 0.6 is 0 Å². The van der Waals surface area contributed by atoms with E-state index in [1.54, 1.807) is 18.3 Å². The van der Waals surface area contributed by atoms with E-state index in [1.165, 1.54) is 31.4 Å². The first-order chi connectivity index (χ1) is 11.3. The number of nitrogens with zero attached hydrogens (tertiary/aromatic N) is 1. The SMILES string of the molecule is CC(O)(c1ccc(-c2oncc2C2CCCCC2)cc1)C(F)(F)F. The summed E-state index contributed by atoms with van der Waals surface area (Å²) in [4.78, 5) is 0. The van der Waals surface area contributed by atoms with Crippen molar-refractivity contribution < 1.29 is 22.8 Å². The number of halogens is 3. The molecule has 1 heterocycles. The largest absolute Gasteiger partial charge is 0.421 e. The van der Waals surface area contributed by atoms with Crippen LogP contribution in [-0.2, 0) is 5.60 Å². The minimum absolute atomic E-state index is 0.197. The molecule has 2 aromatic rings. The van der Waals surface area contributed by atoms with E-state index in [4.69, 9.17) is 4.52 Å². The third-order valence-electron chi connectivity index (χ3n) is 4.90. The molecule has 1 atom stereocenters. The number of alkyl halides is 3. The fraction of sp³-hybridized carbons (Fsp3) is 0.500. The summed E-state index contributed by atoms with van der Waals surface area (Å²) in [6.45, 7) is 0.754. The van der Waals surface area contributed by atoms with Gasteiger partial charge in [0.15, 0.2) is 11.4 Å². The molecule has 1 unspecified atom stereocenters. The monoisotopic (exact) mass is 339 g/mol. The number of hydrogen-bond acceptors (Lipinski definition) is 3. The molecule has 1 aliphatic carbocycles. The first-order valence-electron chi connectivity index (χ1n) is 8.15. The van der Waals surface area contributed by atoms with E-state index in [9.17, 15) is 18.3 Å². The van der Waals surface area contributed by atoms with Gasteiger partial charge in [-0.15, -0.1) is 0 Å². The van der Waals surface area contributed by atoms with Gasteiger partial charge in [-0.3, -0.25) is 0 Å². The van der Waals surface area contributed by atoms with Gasteiger partial charge in [0, 0.05) is 11.1 Å². The van der Waals surface area contributed by atoms with Crippen LogP contribution < -0.4 is 0 Å². The second-order valence-corrected chi connectivity index (χ2v) is 6.59. The van der Waals surface area contributed by atoms with E-state index in [1.807, 2.05) is 0 Å². The topological polar surface area (TPSA) is 46.3 Å². The van der Waals surface area contributed by atoms with E-state index in [-0.39, 0.29) is 5.56 Å². The maximum absolute atomic E-state index is 12.9. The molecule has 1 saturated carbocycles. The van der Waals surface area contributed by atoms with E-state index in [0.29, 0.717) is 17.2 Å². The quantitative estimate of drug-likeness (QED) is 0.840. The summed E-state index contributed by atoms with van der Waals surface area (Å²) in [5.74, 6) is 0.998.